The topological polar surface area (TPSA) is 55.1 Å². The Balaban J connectivity index is 2.53. The highest BCUT2D eigenvalue weighted by Gasteiger charge is 2.33. The first-order valence-corrected chi connectivity index (χ1v) is 4.64. The summed E-state index contributed by atoms with van der Waals surface area (Å²) in [6.07, 6.45) is 1.59. The lowest BCUT2D eigenvalue weighted by molar-refractivity contribution is -0.119. The van der Waals surface area contributed by atoms with Crippen molar-refractivity contribution in [3.63, 3.8) is 0 Å². The number of amides is 1. The minimum absolute atomic E-state index is 0.187. The Morgan fingerprint density at radius 3 is 2.83 bits per heavy atom. The van der Waals surface area contributed by atoms with Crippen LogP contribution in [-0.4, -0.2) is 18.5 Å². The Morgan fingerprint density at radius 2 is 2.33 bits per heavy atom. The SMILES string of the molecule is CC(C)C1CC(=O)N[C@@H]1CCN. The van der Waals surface area contributed by atoms with Crippen molar-refractivity contribution in [2.45, 2.75) is 32.7 Å². The summed E-state index contributed by atoms with van der Waals surface area (Å²) >= 11 is 0. The molecule has 0 aromatic heterocycles. The third-order valence-electron chi connectivity index (χ3n) is 2.62. The predicted octanol–water partition coefficient (Wildman–Crippen LogP) is 0.496. The second-order valence-corrected chi connectivity index (χ2v) is 3.86. The smallest absolute Gasteiger partial charge is 0.220 e. The highest BCUT2D eigenvalue weighted by molar-refractivity contribution is 5.79. The number of hydrogen-bond donors (Lipinski definition) is 2. The molecule has 0 radical (unpaired) electrons. The zero-order valence-corrected chi connectivity index (χ0v) is 7.84. The van der Waals surface area contributed by atoms with E-state index in [1.807, 2.05) is 0 Å². The van der Waals surface area contributed by atoms with E-state index in [0.717, 1.165) is 6.42 Å². The van der Waals surface area contributed by atoms with E-state index in [9.17, 15) is 4.79 Å². The van der Waals surface area contributed by atoms with Gasteiger partial charge in [-0.2, -0.15) is 0 Å². The molecule has 70 valence electrons. The normalized spacial score (nSPS) is 29.5. The lowest BCUT2D eigenvalue weighted by atomic mass is 9.87. The molecule has 0 aromatic rings. The lowest BCUT2D eigenvalue weighted by Crippen LogP contribution is -2.33. The van der Waals surface area contributed by atoms with Crippen molar-refractivity contribution in [3.05, 3.63) is 0 Å². The summed E-state index contributed by atoms with van der Waals surface area (Å²) in [5.74, 6) is 1.24. The molecule has 1 amide bonds. The van der Waals surface area contributed by atoms with Gasteiger partial charge in [-0.15, -0.1) is 0 Å². The van der Waals surface area contributed by atoms with Crippen LogP contribution in [0.3, 0.4) is 0 Å². The number of carbonyl (C=O) groups is 1. The standard InChI is InChI=1S/C9H18N2O/c1-6(2)7-5-9(12)11-8(7)3-4-10/h6-8H,3-5,10H2,1-2H3,(H,11,12)/t7?,8-/m1/s1. The molecule has 2 atom stereocenters. The van der Waals surface area contributed by atoms with Crippen molar-refractivity contribution in [2.24, 2.45) is 17.6 Å². The molecule has 0 bridgehead atoms. The Kier molecular flexibility index (Phi) is 3.09. The molecule has 1 saturated heterocycles. The molecule has 1 rings (SSSR count). The van der Waals surface area contributed by atoms with E-state index >= 15 is 0 Å². The van der Waals surface area contributed by atoms with Crippen molar-refractivity contribution in [1.82, 2.24) is 5.32 Å². The summed E-state index contributed by atoms with van der Waals surface area (Å²) in [6, 6.07) is 0.322. The second-order valence-electron chi connectivity index (χ2n) is 3.86. The number of nitrogens with two attached hydrogens (primary N) is 1. The Bertz CT molecular complexity index is 168. The molecule has 1 aliphatic rings. The molecule has 0 aliphatic carbocycles. The van der Waals surface area contributed by atoms with Crippen LogP contribution in [0.15, 0.2) is 0 Å². The molecule has 0 aromatic carbocycles. The summed E-state index contributed by atoms with van der Waals surface area (Å²) in [5, 5.41) is 2.97. The molecule has 1 fully saturated rings. The molecule has 1 unspecified atom stereocenters. The van der Waals surface area contributed by atoms with Gasteiger partial charge in [0, 0.05) is 12.5 Å². The molecule has 0 spiro atoms. The van der Waals surface area contributed by atoms with Crippen molar-refractivity contribution in [2.75, 3.05) is 6.54 Å². The molecule has 12 heavy (non-hydrogen) atoms. The Hall–Kier alpha value is -0.570. The van der Waals surface area contributed by atoms with Gasteiger partial charge in [0.25, 0.3) is 0 Å². The Morgan fingerprint density at radius 1 is 1.67 bits per heavy atom. The fourth-order valence-corrected chi connectivity index (χ4v) is 1.90. The van der Waals surface area contributed by atoms with E-state index in [4.69, 9.17) is 5.73 Å². The van der Waals surface area contributed by atoms with E-state index in [2.05, 4.69) is 19.2 Å². The van der Waals surface area contributed by atoms with Crippen LogP contribution >= 0.6 is 0 Å². The zero-order valence-electron chi connectivity index (χ0n) is 7.84. The molecule has 1 heterocycles. The number of carbonyl (C=O) groups excluding carboxylic acids is 1. The van der Waals surface area contributed by atoms with Crippen LogP contribution in [0.2, 0.25) is 0 Å². The van der Waals surface area contributed by atoms with Crippen LogP contribution in [-0.2, 0) is 4.79 Å². The first kappa shape index (κ1) is 9.52. The summed E-state index contributed by atoms with van der Waals surface area (Å²) < 4.78 is 0. The molecule has 3 N–H and O–H groups in total. The fourth-order valence-electron chi connectivity index (χ4n) is 1.90. The molecule has 1 aliphatic heterocycles. The minimum Gasteiger partial charge on any atom is -0.353 e. The van der Waals surface area contributed by atoms with Crippen LogP contribution in [0.5, 0.6) is 0 Å². The van der Waals surface area contributed by atoms with Gasteiger partial charge in [0.1, 0.15) is 0 Å². The average molecular weight is 170 g/mol. The zero-order chi connectivity index (χ0) is 9.14. The third kappa shape index (κ3) is 1.97. The average Bonchev–Trinajstić information content (AvgIpc) is 2.32. The predicted molar refractivity (Wildman–Crippen MR) is 48.5 cm³/mol. The highest BCUT2D eigenvalue weighted by Crippen LogP contribution is 2.26. The summed E-state index contributed by atoms with van der Waals surface area (Å²) in [7, 11) is 0. The van der Waals surface area contributed by atoms with Gasteiger partial charge in [-0.05, 0) is 24.8 Å². The monoisotopic (exact) mass is 170 g/mol. The van der Waals surface area contributed by atoms with Gasteiger partial charge in [-0.25, -0.2) is 0 Å². The van der Waals surface area contributed by atoms with Crippen molar-refractivity contribution in [1.29, 1.82) is 0 Å². The first-order valence-electron chi connectivity index (χ1n) is 4.64. The molecule has 3 heteroatoms. The van der Waals surface area contributed by atoms with Crippen LogP contribution in [0.4, 0.5) is 0 Å². The largest absolute Gasteiger partial charge is 0.353 e. The van der Waals surface area contributed by atoms with E-state index in [1.165, 1.54) is 0 Å². The summed E-state index contributed by atoms with van der Waals surface area (Å²) in [5.41, 5.74) is 5.46. The van der Waals surface area contributed by atoms with Crippen LogP contribution < -0.4 is 11.1 Å². The summed E-state index contributed by atoms with van der Waals surface area (Å²) in [4.78, 5) is 11.1. The highest BCUT2D eigenvalue weighted by atomic mass is 16.2. The van der Waals surface area contributed by atoms with E-state index in [0.29, 0.717) is 30.8 Å². The third-order valence-corrected chi connectivity index (χ3v) is 2.62. The van der Waals surface area contributed by atoms with Gasteiger partial charge in [0.15, 0.2) is 0 Å². The van der Waals surface area contributed by atoms with Crippen molar-refractivity contribution < 1.29 is 4.79 Å². The second kappa shape index (κ2) is 3.90. The quantitative estimate of drug-likeness (QED) is 0.648. The van der Waals surface area contributed by atoms with E-state index in [-0.39, 0.29) is 5.91 Å². The molecular formula is C9H18N2O. The Labute approximate surface area is 73.7 Å². The molecular weight excluding hydrogens is 152 g/mol. The number of nitrogens with one attached hydrogen (secondary N) is 1. The first-order chi connectivity index (χ1) is 5.65. The maximum absolute atomic E-state index is 11.1. The molecule has 3 nitrogen and oxygen atoms in total. The maximum Gasteiger partial charge on any atom is 0.220 e. The van der Waals surface area contributed by atoms with Crippen LogP contribution in [0, 0.1) is 11.8 Å². The number of rotatable bonds is 3. The van der Waals surface area contributed by atoms with Crippen LogP contribution in [0.1, 0.15) is 26.7 Å². The molecule has 0 saturated carbocycles. The van der Waals surface area contributed by atoms with Crippen molar-refractivity contribution >= 4 is 5.91 Å². The van der Waals surface area contributed by atoms with Gasteiger partial charge in [-0.3, -0.25) is 4.79 Å². The van der Waals surface area contributed by atoms with E-state index < -0.39 is 0 Å². The van der Waals surface area contributed by atoms with E-state index in [1.54, 1.807) is 0 Å². The van der Waals surface area contributed by atoms with Crippen LogP contribution in [0.25, 0.3) is 0 Å². The van der Waals surface area contributed by atoms with Gasteiger partial charge < -0.3 is 11.1 Å². The van der Waals surface area contributed by atoms with Gasteiger partial charge in [0.2, 0.25) is 5.91 Å². The summed E-state index contributed by atoms with van der Waals surface area (Å²) in [6.45, 7) is 4.98. The minimum atomic E-state index is 0.187. The van der Waals surface area contributed by atoms with Gasteiger partial charge in [-0.1, -0.05) is 13.8 Å². The number of hydrogen-bond acceptors (Lipinski definition) is 2. The van der Waals surface area contributed by atoms with Gasteiger partial charge in [0.05, 0.1) is 0 Å². The van der Waals surface area contributed by atoms with Crippen molar-refractivity contribution in [3.8, 4) is 0 Å². The maximum atomic E-state index is 11.1. The lowest BCUT2D eigenvalue weighted by Gasteiger charge is -2.21. The fraction of sp³-hybridized carbons (Fsp3) is 0.889. The van der Waals surface area contributed by atoms with Gasteiger partial charge >= 0.3 is 0 Å².